The molecule has 2 rings (SSSR count). The number of ether oxygens (including phenoxy) is 1. The maximum atomic E-state index is 12.8. The number of nitrogens with two attached hydrogens (primary N) is 1. The van der Waals surface area contributed by atoms with E-state index in [0.717, 1.165) is 37.0 Å². The molecule has 1 unspecified atom stereocenters. The summed E-state index contributed by atoms with van der Waals surface area (Å²) in [5.41, 5.74) is 7.31. The highest BCUT2D eigenvalue weighted by Crippen LogP contribution is 2.32. The molecule has 1 atom stereocenters. The van der Waals surface area contributed by atoms with Gasteiger partial charge in [-0.25, -0.2) is 8.42 Å². The number of amides is 1. The minimum Gasteiger partial charge on any atom is -0.501 e. The molecule has 0 bridgehead atoms. The van der Waals surface area contributed by atoms with Gasteiger partial charge in [-0.15, -0.1) is 0 Å². The molecule has 0 aliphatic heterocycles. The molecule has 7 heteroatoms. The summed E-state index contributed by atoms with van der Waals surface area (Å²) in [4.78, 5) is 12.5. The van der Waals surface area contributed by atoms with Gasteiger partial charge in [0.1, 0.15) is 4.75 Å². The first-order valence-corrected chi connectivity index (χ1v) is 11.0. The lowest BCUT2D eigenvalue weighted by molar-refractivity contribution is -0.122. The Kier molecular flexibility index (Phi) is 6.91. The van der Waals surface area contributed by atoms with Crippen LogP contribution in [0.5, 0.6) is 0 Å². The molecule has 2 aliphatic rings. The second kappa shape index (κ2) is 8.57. The summed E-state index contributed by atoms with van der Waals surface area (Å²) >= 11 is 0. The number of rotatable bonds is 9. The fraction of sp³-hybridized carbons (Fsp3) is 0.737. The van der Waals surface area contributed by atoms with Crippen molar-refractivity contribution < 1.29 is 17.9 Å². The van der Waals surface area contributed by atoms with Crippen LogP contribution in [0.15, 0.2) is 23.5 Å². The molecule has 1 amide bonds. The number of carbonyl (C=O) groups excluding carboxylic acids is 1. The van der Waals surface area contributed by atoms with Gasteiger partial charge in [0, 0.05) is 19.0 Å². The van der Waals surface area contributed by atoms with Crippen molar-refractivity contribution in [1.29, 1.82) is 0 Å². The highest BCUT2D eigenvalue weighted by atomic mass is 32.2. The lowest BCUT2D eigenvalue weighted by atomic mass is 10.0. The summed E-state index contributed by atoms with van der Waals surface area (Å²) in [7, 11) is -1.84. The Morgan fingerprint density at radius 2 is 2.00 bits per heavy atom. The number of sulfone groups is 1. The summed E-state index contributed by atoms with van der Waals surface area (Å²) in [6.07, 6.45) is 9.26. The fourth-order valence-corrected chi connectivity index (χ4v) is 5.70. The lowest BCUT2D eigenvalue weighted by Crippen LogP contribution is -2.51. The molecule has 1 fully saturated rings. The van der Waals surface area contributed by atoms with Crippen molar-refractivity contribution in [2.24, 2.45) is 5.73 Å². The van der Waals surface area contributed by atoms with E-state index in [2.05, 4.69) is 5.32 Å². The Balaban J connectivity index is 1.77. The SMILES string of the molecule is COC1=CC=C(C(N)CCCNC(=O)C(C)(C)S(=O)(=O)C2CCCC2)C1. The molecule has 3 N–H and O–H groups in total. The normalized spacial score (nSPS) is 19.8. The predicted octanol–water partition coefficient (Wildman–Crippen LogP) is 2.21. The third-order valence-electron chi connectivity index (χ3n) is 5.58. The summed E-state index contributed by atoms with van der Waals surface area (Å²) in [5.74, 6) is 0.490. The van der Waals surface area contributed by atoms with Crippen molar-refractivity contribution in [3.05, 3.63) is 23.5 Å². The van der Waals surface area contributed by atoms with E-state index in [4.69, 9.17) is 10.5 Å². The molecule has 1 saturated carbocycles. The molecule has 0 aromatic heterocycles. The molecule has 0 radical (unpaired) electrons. The number of hydrogen-bond donors (Lipinski definition) is 2. The zero-order valence-corrected chi connectivity index (χ0v) is 16.9. The Bertz CT molecular complexity index is 674. The Labute approximate surface area is 157 Å². The summed E-state index contributed by atoms with van der Waals surface area (Å²) in [6, 6.07) is -0.0777. The van der Waals surface area contributed by atoms with Crippen molar-refractivity contribution in [2.45, 2.75) is 74.8 Å². The highest BCUT2D eigenvalue weighted by molar-refractivity contribution is 7.94. The van der Waals surface area contributed by atoms with Crippen molar-refractivity contribution in [1.82, 2.24) is 5.32 Å². The van der Waals surface area contributed by atoms with E-state index in [9.17, 15) is 13.2 Å². The van der Waals surface area contributed by atoms with Crippen LogP contribution in [-0.2, 0) is 19.4 Å². The second-order valence-corrected chi connectivity index (χ2v) is 10.5. The van der Waals surface area contributed by atoms with Crippen molar-refractivity contribution in [3.8, 4) is 0 Å². The van der Waals surface area contributed by atoms with Crippen LogP contribution in [-0.4, -0.2) is 44.0 Å². The number of carbonyl (C=O) groups is 1. The molecule has 0 aromatic carbocycles. The zero-order valence-electron chi connectivity index (χ0n) is 16.1. The number of nitrogens with one attached hydrogen (secondary N) is 1. The van der Waals surface area contributed by atoms with Gasteiger partial charge in [0.05, 0.1) is 18.1 Å². The second-order valence-electron chi connectivity index (χ2n) is 7.72. The molecule has 148 valence electrons. The standard InChI is InChI=1S/C19H32N2O4S/c1-19(2,26(23,24)16-7-4-5-8-16)18(22)21-12-6-9-17(20)14-10-11-15(13-14)25-3/h10-11,16-17H,4-9,12-13,20H2,1-3H3,(H,21,22). The smallest absolute Gasteiger partial charge is 0.240 e. The van der Waals surface area contributed by atoms with Gasteiger partial charge in [0.2, 0.25) is 5.91 Å². The molecular formula is C19H32N2O4S. The van der Waals surface area contributed by atoms with E-state index in [0.29, 0.717) is 25.8 Å². The average molecular weight is 385 g/mol. The average Bonchev–Trinajstić information content (AvgIpc) is 3.29. The monoisotopic (exact) mass is 384 g/mol. The Morgan fingerprint density at radius 3 is 2.58 bits per heavy atom. The van der Waals surface area contributed by atoms with Gasteiger partial charge in [0.15, 0.2) is 9.84 Å². The first kappa shape index (κ1) is 21.0. The molecule has 0 spiro atoms. The maximum absolute atomic E-state index is 12.8. The van der Waals surface area contributed by atoms with E-state index in [-0.39, 0.29) is 11.3 Å². The first-order valence-electron chi connectivity index (χ1n) is 9.41. The minimum atomic E-state index is -3.48. The van der Waals surface area contributed by atoms with Gasteiger partial charge in [-0.05, 0) is 51.2 Å². The molecule has 6 nitrogen and oxygen atoms in total. The summed E-state index contributed by atoms with van der Waals surface area (Å²) in [6.45, 7) is 3.46. The quantitative estimate of drug-likeness (QED) is 0.594. The number of allylic oxidation sites excluding steroid dienone is 3. The molecule has 0 saturated heterocycles. The molecular weight excluding hydrogens is 352 g/mol. The van der Waals surface area contributed by atoms with E-state index in [1.165, 1.54) is 13.8 Å². The fourth-order valence-electron chi connectivity index (χ4n) is 3.58. The lowest BCUT2D eigenvalue weighted by Gasteiger charge is -2.27. The van der Waals surface area contributed by atoms with E-state index < -0.39 is 20.5 Å². The molecule has 26 heavy (non-hydrogen) atoms. The van der Waals surface area contributed by atoms with Crippen molar-refractivity contribution >= 4 is 15.7 Å². The van der Waals surface area contributed by atoms with Crippen LogP contribution in [0.1, 0.15) is 58.8 Å². The van der Waals surface area contributed by atoms with Crippen LogP contribution in [0.25, 0.3) is 0 Å². The van der Waals surface area contributed by atoms with Crippen LogP contribution < -0.4 is 11.1 Å². The largest absolute Gasteiger partial charge is 0.501 e. The van der Waals surface area contributed by atoms with E-state index in [1.54, 1.807) is 7.11 Å². The van der Waals surface area contributed by atoms with E-state index in [1.807, 2.05) is 12.2 Å². The van der Waals surface area contributed by atoms with Crippen LogP contribution in [0.2, 0.25) is 0 Å². The topological polar surface area (TPSA) is 98.5 Å². The summed E-state index contributed by atoms with van der Waals surface area (Å²) < 4.78 is 29.3. The third kappa shape index (κ3) is 4.49. The minimum absolute atomic E-state index is 0.0777. The molecule has 0 heterocycles. The van der Waals surface area contributed by atoms with Crippen molar-refractivity contribution in [3.63, 3.8) is 0 Å². The maximum Gasteiger partial charge on any atom is 0.240 e. The Morgan fingerprint density at radius 1 is 1.35 bits per heavy atom. The molecule has 2 aliphatic carbocycles. The van der Waals surface area contributed by atoms with Gasteiger partial charge in [-0.2, -0.15) is 0 Å². The number of methoxy groups -OCH3 is 1. The molecule has 0 aromatic rings. The number of hydrogen-bond acceptors (Lipinski definition) is 5. The van der Waals surface area contributed by atoms with Crippen molar-refractivity contribution in [2.75, 3.05) is 13.7 Å². The van der Waals surface area contributed by atoms with E-state index >= 15 is 0 Å². The summed E-state index contributed by atoms with van der Waals surface area (Å²) in [5, 5.41) is 2.41. The Hall–Kier alpha value is -1.34. The van der Waals surface area contributed by atoms with Gasteiger partial charge in [0.25, 0.3) is 0 Å². The predicted molar refractivity (Wildman–Crippen MR) is 103 cm³/mol. The third-order valence-corrected chi connectivity index (χ3v) is 8.53. The van der Waals surface area contributed by atoms with Crippen LogP contribution >= 0.6 is 0 Å². The van der Waals surface area contributed by atoms with Crippen LogP contribution in [0.3, 0.4) is 0 Å². The van der Waals surface area contributed by atoms with Gasteiger partial charge in [-0.1, -0.05) is 18.9 Å². The zero-order chi connectivity index (χ0) is 19.4. The first-order chi connectivity index (χ1) is 12.2. The van der Waals surface area contributed by atoms with Crippen LogP contribution in [0, 0.1) is 0 Å². The van der Waals surface area contributed by atoms with Gasteiger partial charge in [-0.3, -0.25) is 4.79 Å². The van der Waals surface area contributed by atoms with Gasteiger partial charge >= 0.3 is 0 Å². The van der Waals surface area contributed by atoms with Gasteiger partial charge < -0.3 is 15.8 Å². The highest BCUT2D eigenvalue weighted by Gasteiger charge is 2.46. The van der Waals surface area contributed by atoms with Crippen LogP contribution in [0.4, 0.5) is 0 Å².